The normalized spacial score (nSPS) is 31.4. The smallest absolute Gasteiger partial charge is 0.315 e. The summed E-state index contributed by atoms with van der Waals surface area (Å²) in [7, 11) is 0. The second-order valence-electron chi connectivity index (χ2n) is 6.35. The Hall–Kier alpha value is -0.950. The summed E-state index contributed by atoms with van der Waals surface area (Å²) in [6.07, 6.45) is 4.83. The molecule has 124 valence electrons. The van der Waals surface area contributed by atoms with Gasteiger partial charge in [0.05, 0.1) is 12.1 Å². The summed E-state index contributed by atoms with van der Waals surface area (Å²) in [5.74, 6) is 1.31. The van der Waals surface area contributed by atoms with Crippen molar-refractivity contribution >= 4 is 23.7 Å². The summed E-state index contributed by atoms with van der Waals surface area (Å²) in [4.78, 5) is 25.5. The highest BCUT2D eigenvalue weighted by atomic mass is 32.2. The van der Waals surface area contributed by atoms with Crippen LogP contribution in [0.5, 0.6) is 0 Å². The van der Waals surface area contributed by atoms with Gasteiger partial charge in [-0.05, 0) is 25.8 Å². The van der Waals surface area contributed by atoms with Crippen LogP contribution < -0.4 is 16.0 Å². The third-order valence-corrected chi connectivity index (χ3v) is 6.27. The van der Waals surface area contributed by atoms with E-state index in [4.69, 9.17) is 0 Å². The molecule has 0 saturated carbocycles. The molecule has 3 rings (SSSR count). The Morgan fingerprint density at radius 2 is 2.14 bits per heavy atom. The summed E-state index contributed by atoms with van der Waals surface area (Å²) in [6, 6.07) is 0.559. The van der Waals surface area contributed by atoms with E-state index in [1.807, 2.05) is 16.7 Å². The lowest BCUT2D eigenvalue weighted by molar-refractivity contribution is -0.131. The van der Waals surface area contributed by atoms with E-state index in [0.29, 0.717) is 23.6 Å². The summed E-state index contributed by atoms with van der Waals surface area (Å²) >= 11 is 1.95. The first-order chi connectivity index (χ1) is 10.7. The van der Waals surface area contributed by atoms with Crippen LogP contribution in [0.2, 0.25) is 0 Å². The third kappa shape index (κ3) is 3.87. The van der Waals surface area contributed by atoms with Gasteiger partial charge in [0.1, 0.15) is 0 Å². The molecule has 3 atom stereocenters. The van der Waals surface area contributed by atoms with E-state index in [-0.39, 0.29) is 12.1 Å². The van der Waals surface area contributed by atoms with Crippen LogP contribution in [0, 0.1) is 0 Å². The van der Waals surface area contributed by atoms with Gasteiger partial charge in [-0.3, -0.25) is 4.79 Å². The van der Waals surface area contributed by atoms with Crippen LogP contribution in [-0.2, 0) is 4.79 Å². The number of carbonyl (C=O) groups excluding carboxylic acids is 2. The molecule has 0 unspecified atom stereocenters. The van der Waals surface area contributed by atoms with Crippen molar-refractivity contribution in [3.63, 3.8) is 0 Å². The highest BCUT2D eigenvalue weighted by molar-refractivity contribution is 8.00. The number of amides is 3. The highest BCUT2D eigenvalue weighted by Gasteiger charge is 2.42. The molecule has 22 heavy (non-hydrogen) atoms. The average Bonchev–Trinajstić information content (AvgIpc) is 2.92. The summed E-state index contributed by atoms with van der Waals surface area (Å²) in [5, 5.41) is 9.81. The van der Waals surface area contributed by atoms with Gasteiger partial charge in [-0.2, -0.15) is 11.8 Å². The van der Waals surface area contributed by atoms with Gasteiger partial charge >= 0.3 is 6.03 Å². The molecule has 3 heterocycles. The number of nitrogens with zero attached hydrogens (tertiary/aromatic N) is 1. The zero-order chi connectivity index (χ0) is 15.4. The van der Waals surface area contributed by atoms with E-state index in [1.165, 1.54) is 0 Å². The van der Waals surface area contributed by atoms with Gasteiger partial charge in [-0.15, -0.1) is 0 Å². The number of hydrogen-bond donors (Lipinski definition) is 3. The standard InChI is InChI=1S/C15H26N4O2S/c20-13(19-8-3-6-16-7-9-19)5-2-1-4-12-14-11(10-22-12)17-15(21)18-14/h11-12,14,16H,1-10H2,(H2,17,18,21)/t11-,12-,14-/m0/s1. The number of carbonyl (C=O) groups is 2. The number of fused-ring (bicyclic) bond motifs is 1. The summed E-state index contributed by atoms with van der Waals surface area (Å²) < 4.78 is 0. The molecule has 0 aliphatic carbocycles. The van der Waals surface area contributed by atoms with E-state index in [1.54, 1.807) is 0 Å². The molecule has 3 amide bonds. The van der Waals surface area contributed by atoms with Crippen LogP contribution >= 0.6 is 11.8 Å². The molecule has 0 aromatic rings. The first-order valence-corrected chi connectivity index (χ1v) is 9.46. The predicted molar refractivity (Wildman–Crippen MR) is 88.0 cm³/mol. The van der Waals surface area contributed by atoms with Gasteiger partial charge in [0.2, 0.25) is 5.91 Å². The number of unbranched alkanes of at least 4 members (excludes halogenated alkanes) is 1. The molecule has 3 aliphatic rings. The average molecular weight is 326 g/mol. The highest BCUT2D eigenvalue weighted by Crippen LogP contribution is 2.33. The first-order valence-electron chi connectivity index (χ1n) is 8.41. The van der Waals surface area contributed by atoms with Crippen molar-refractivity contribution in [3.8, 4) is 0 Å². The van der Waals surface area contributed by atoms with Crippen LogP contribution in [0.15, 0.2) is 0 Å². The second kappa shape index (κ2) is 7.55. The maximum Gasteiger partial charge on any atom is 0.315 e. The van der Waals surface area contributed by atoms with Gasteiger partial charge < -0.3 is 20.9 Å². The monoisotopic (exact) mass is 326 g/mol. The largest absolute Gasteiger partial charge is 0.341 e. The number of rotatable bonds is 5. The number of thioether (sulfide) groups is 1. The van der Waals surface area contributed by atoms with Crippen molar-refractivity contribution in [2.45, 2.75) is 49.4 Å². The zero-order valence-electron chi connectivity index (χ0n) is 13.0. The van der Waals surface area contributed by atoms with Gasteiger partial charge in [0, 0.05) is 37.1 Å². The maximum atomic E-state index is 12.2. The van der Waals surface area contributed by atoms with Gasteiger partial charge in [-0.25, -0.2) is 4.79 Å². The SMILES string of the molecule is O=C1N[C@H]2[C@H](CS[C@H]2CCCCC(=O)N2CCCNCC2)N1. The van der Waals surface area contributed by atoms with Crippen LogP contribution in [0.3, 0.4) is 0 Å². The Morgan fingerprint density at radius 3 is 3.05 bits per heavy atom. The van der Waals surface area contributed by atoms with E-state index >= 15 is 0 Å². The molecule has 7 heteroatoms. The van der Waals surface area contributed by atoms with Crippen molar-refractivity contribution in [1.82, 2.24) is 20.9 Å². The van der Waals surface area contributed by atoms with Crippen LogP contribution in [0.4, 0.5) is 4.79 Å². The first kappa shape index (κ1) is 15.9. The van der Waals surface area contributed by atoms with E-state index < -0.39 is 0 Å². The molecule has 3 fully saturated rings. The molecule has 3 aliphatic heterocycles. The molecule has 0 spiro atoms. The Balaban J connectivity index is 1.33. The molecular formula is C15H26N4O2S. The molecule has 0 bridgehead atoms. The minimum atomic E-state index is -0.0229. The zero-order valence-corrected chi connectivity index (χ0v) is 13.8. The fraction of sp³-hybridized carbons (Fsp3) is 0.867. The lowest BCUT2D eigenvalue weighted by atomic mass is 10.0. The second-order valence-corrected chi connectivity index (χ2v) is 7.62. The molecule has 0 aromatic heterocycles. The lowest BCUT2D eigenvalue weighted by Crippen LogP contribution is -2.36. The van der Waals surface area contributed by atoms with Crippen molar-refractivity contribution in [3.05, 3.63) is 0 Å². The quantitative estimate of drug-likeness (QED) is 0.509. The Labute approximate surface area is 136 Å². The molecule has 3 saturated heterocycles. The van der Waals surface area contributed by atoms with Crippen LogP contribution in [0.1, 0.15) is 32.1 Å². The minimum absolute atomic E-state index is 0.0229. The van der Waals surface area contributed by atoms with Gasteiger partial charge in [-0.1, -0.05) is 6.42 Å². The number of hydrogen-bond acceptors (Lipinski definition) is 4. The van der Waals surface area contributed by atoms with Crippen molar-refractivity contribution in [1.29, 1.82) is 0 Å². The van der Waals surface area contributed by atoms with E-state index in [9.17, 15) is 9.59 Å². The predicted octanol–water partition coefficient (Wildman–Crippen LogP) is 0.534. The Kier molecular flexibility index (Phi) is 5.46. The Morgan fingerprint density at radius 1 is 1.23 bits per heavy atom. The fourth-order valence-electron chi connectivity index (χ4n) is 3.52. The third-order valence-electron chi connectivity index (χ3n) is 4.76. The van der Waals surface area contributed by atoms with Gasteiger partial charge in [0.25, 0.3) is 0 Å². The number of nitrogens with one attached hydrogen (secondary N) is 3. The lowest BCUT2D eigenvalue weighted by Gasteiger charge is -2.20. The number of urea groups is 1. The van der Waals surface area contributed by atoms with Gasteiger partial charge in [0.15, 0.2) is 0 Å². The van der Waals surface area contributed by atoms with E-state index in [2.05, 4.69) is 16.0 Å². The molecular weight excluding hydrogens is 300 g/mol. The molecule has 0 aromatic carbocycles. The van der Waals surface area contributed by atoms with Crippen molar-refractivity contribution in [2.75, 3.05) is 31.9 Å². The van der Waals surface area contributed by atoms with Crippen molar-refractivity contribution < 1.29 is 9.59 Å². The Bertz CT molecular complexity index is 412. The fourth-order valence-corrected chi connectivity index (χ4v) is 5.06. The van der Waals surface area contributed by atoms with Crippen LogP contribution in [-0.4, -0.2) is 66.1 Å². The molecule has 6 nitrogen and oxygen atoms in total. The topological polar surface area (TPSA) is 73.5 Å². The summed E-state index contributed by atoms with van der Waals surface area (Å²) in [5.41, 5.74) is 0. The maximum absolute atomic E-state index is 12.2. The molecule has 0 radical (unpaired) electrons. The summed E-state index contributed by atoms with van der Waals surface area (Å²) in [6.45, 7) is 3.68. The minimum Gasteiger partial charge on any atom is -0.341 e. The van der Waals surface area contributed by atoms with E-state index in [0.717, 1.165) is 57.6 Å². The van der Waals surface area contributed by atoms with Crippen LogP contribution in [0.25, 0.3) is 0 Å². The van der Waals surface area contributed by atoms with Crippen molar-refractivity contribution in [2.24, 2.45) is 0 Å². The molecule has 3 N–H and O–H groups in total.